The largest absolute Gasteiger partial charge is 0.491 e. The van der Waals surface area contributed by atoms with Gasteiger partial charge in [0.05, 0.1) is 12.1 Å². The number of hydrogen-bond donors (Lipinski definition) is 1. The smallest absolute Gasteiger partial charge is 0.178 e. The second kappa shape index (κ2) is 6.20. The first kappa shape index (κ1) is 14.6. The van der Waals surface area contributed by atoms with Gasteiger partial charge in [-0.3, -0.25) is 0 Å². The molecule has 4 nitrogen and oxygen atoms in total. The van der Waals surface area contributed by atoms with Gasteiger partial charge in [-0.05, 0) is 50.7 Å². The zero-order valence-corrected chi connectivity index (χ0v) is 13.6. The Morgan fingerprint density at radius 2 is 2.24 bits per heavy atom. The lowest BCUT2D eigenvalue weighted by molar-refractivity contribution is 0.310. The molecular formula is C16H23N3OS. The SMILES string of the molecule is CCCOc1cccc2c1[nH]c(=S)n2CCN(C)C1CC1. The van der Waals surface area contributed by atoms with Gasteiger partial charge in [0.15, 0.2) is 4.77 Å². The van der Waals surface area contributed by atoms with E-state index < -0.39 is 0 Å². The summed E-state index contributed by atoms with van der Waals surface area (Å²) in [5, 5.41) is 0. The summed E-state index contributed by atoms with van der Waals surface area (Å²) in [4.78, 5) is 5.74. The fourth-order valence-corrected chi connectivity index (χ4v) is 2.96. The summed E-state index contributed by atoms with van der Waals surface area (Å²) in [7, 11) is 2.20. The maximum Gasteiger partial charge on any atom is 0.178 e. The quantitative estimate of drug-likeness (QED) is 0.794. The van der Waals surface area contributed by atoms with E-state index in [1.807, 2.05) is 12.1 Å². The number of aromatic nitrogens is 2. The van der Waals surface area contributed by atoms with Crippen LogP contribution in [0.2, 0.25) is 0 Å². The van der Waals surface area contributed by atoms with E-state index in [0.29, 0.717) is 0 Å². The molecule has 0 atom stereocenters. The Morgan fingerprint density at radius 3 is 2.95 bits per heavy atom. The summed E-state index contributed by atoms with van der Waals surface area (Å²) in [6.45, 7) is 4.80. The molecule has 1 N–H and O–H groups in total. The number of aromatic amines is 1. The first-order chi connectivity index (χ1) is 10.2. The van der Waals surface area contributed by atoms with Crippen molar-refractivity contribution < 1.29 is 4.74 Å². The molecule has 1 heterocycles. The second-order valence-corrected chi connectivity index (χ2v) is 6.18. The van der Waals surface area contributed by atoms with Gasteiger partial charge in [-0.15, -0.1) is 0 Å². The van der Waals surface area contributed by atoms with Crippen LogP contribution in [0, 0.1) is 4.77 Å². The van der Waals surface area contributed by atoms with Crippen molar-refractivity contribution in [3.63, 3.8) is 0 Å². The lowest BCUT2D eigenvalue weighted by Crippen LogP contribution is -2.25. The number of rotatable bonds is 7. The zero-order valence-electron chi connectivity index (χ0n) is 12.8. The van der Waals surface area contributed by atoms with Crippen molar-refractivity contribution in [2.24, 2.45) is 0 Å². The summed E-state index contributed by atoms with van der Waals surface area (Å²) in [6.07, 6.45) is 3.68. The van der Waals surface area contributed by atoms with Crippen LogP contribution >= 0.6 is 12.2 Å². The fourth-order valence-electron chi connectivity index (χ4n) is 2.66. The van der Waals surface area contributed by atoms with E-state index in [9.17, 15) is 0 Å². The topological polar surface area (TPSA) is 33.2 Å². The molecule has 1 aliphatic rings. The van der Waals surface area contributed by atoms with E-state index in [-0.39, 0.29) is 0 Å². The van der Waals surface area contributed by atoms with Crippen LogP contribution < -0.4 is 4.74 Å². The average Bonchev–Trinajstić information content (AvgIpc) is 3.27. The maximum atomic E-state index is 5.81. The molecule has 21 heavy (non-hydrogen) atoms. The minimum Gasteiger partial charge on any atom is -0.491 e. The Kier molecular flexibility index (Phi) is 4.31. The second-order valence-electron chi connectivity index (χ2n) is 5.79. The van der Waals surface area contributed by atoms with Crippen molar-refractivity contribution in [2.45, 2.75) is 38.8 Å². The average molecular weight is 305 g/mol. The number of imidazole rings is 1. The van der Waals surface area contributed by atoms with Crippen LogP contribution in [-0.4, -0.2) is 40.7 Å². The summed E-state index contributed by atoms with van der Waals surface area (Å²) < 4.78 is 8.77. The molecule has 0 aliphatic heterocycles. The predicted molar refractivity (Wildman–Crippen MR) is 88.6 cm³/mol. The monoisotopic (exact) mass is 305 g/mol. The molecule has 1 saturated carbocycles. The highest BCUT2D eigenvalue weighted by atomic mass is 32.1. The van der Waals surface area contributed by atoms with Crippen LogP contribution in [0.3, 0.4) is 0 Å². The van der Waals surface area contributed by atoms with Gasteiger partial charge in [-0.1, -0.05) is 13.0 Å². The fraction of sp³-hybridized carbons (Fsp3) is 0.562. The standard InChI is InChI=1S/C16H23N3OS/c1-3-11-20-14-6-4-5-13-15(14)17-16(21)19(13)10-9-18(2)12-7-8-12/h4-6,12H,3,7-11H2,1-2H3,(H,17,21). The number of ether oxygens (including phenoxy) is 1. The molecule has 1 fully saturated rings. The number of hydrogen-bond acceptors (Lipinski definition) is 3. The maximum absolute atomic E-state index is 5.81. The number of fused-ring (bicyclic) bond motifs is 1. The number of nitrogens with one attached hydrogen (secondary N) is 1. The van der Waals surface area contributed by atoms with Crippen molar-refractivity contribution in [3.8, 4) is 5.75 Å². The summed E-state index contributed by atoms with van der Waals surface area (Å²) in [6, 6.07) is 6.94. The normalized spacial score (nSPS) is 15.0. The highest BCUT2D eigenvalue weighted by Crippen LogP contribution is 2.27. The molecule has 0 bridgehead atoms. The van der Waals surface area contributed by atoms with Gasteiger partial charge in [-0.2, -0.15) is 0 Å². The number of likely N-dealkylation sites (N-methyl/N-ethyl adjacent to an activating group) is 1. The van der Waals surface area contributed by atoms with Crippen LogP contribution in [0.4, 0.5) is 0 Å². The third kappa shape index (κ3) is 3.14. The molecule has 2 aromatic rings. The number of para-hydroxylation sites is 1. The molecule has 5 heteroatoms. The minimum absolute atomic E-state index is 0.731. The van der Waals surface area contributed by atoms with Crippen LogP contribution in [0.1, 0.15) is 26.2 Å². The van der Waals surface area contributed by atoms with Crippen molar-refractivity contribution in [1.29, 1.82) is 0 Å². The molecule has 114 valence electrons. The third-order valence-electron chi connectivity index (χ3n) is 4.08. The van der Waals surface area contributed by atoms with Crippen molar-refractivity contribution in [3.05, 3.63) is 23.0 Å². The first-order valence-corrected chi connectivity index (χ1v) is 8.16. The first-order valence-electron chi connectivity index (χ1n) is 7.75. The van der Waals surface area contributed by atoms with Crippen LogP contribution in [0.25, 0.3) is 11.0 Å². The van der Waals surface area contributed by atoms with Crippen LogP contribution in [0.5, 0.6) is 5.75 Å². The Balaban J connectivity index is 1.84. The van der Waals surface area contributed by atoms with E-state index in [2.05, 4.69) is 34.5 Å². The minimum atomic E-state index is 0.731. The Morgan fingerprint density at radius 1 is 1.43 bits per heavy atom. The Bertz CT molecular complexity index is 672. The van der Waals surface area contributed by atoms with E-state index in [0.717, 1.165) is 53.7 Å². The van der Waals surface area contributed by atoms with Crippen molar-refractivity contribution in [1.82, 2.24) is 14.5 Å². The lowest BCUT2D eigenvalue weighted by Gasteiger charge is -2.16. The zero-order chi connectivity index (χ0) is 14.8. The molecule has 1 aromatic heterocycles. The molecule has 1 aromatic carbocycles. The van der Waals surface area contributed by atoms with Gasteiger partial charge in [0.25, 0.3) is 0 Å². The summed E-state index contributed by atoms with van der Waals surface area (Å²) in [5.74, 6) is 0.898. The summed E-state index contributed by atoms with van der Waals surface area (Å²) in [5.41, 5.74) is 2.16. The van der Waals surface area contributed by atoms with Gasteiger partial charge in [0, 0.05) is 19.1 Å². The van der Waals surface area contributed by atoms with E-state index in [4.69, 9.17) is 17.0 Å². The summed E-state index contributed by atoms with van der Waals surface area (Å²) >= 11 is 5.49. The molecule has 0 saturated heterocycles. The van der Waals surface area contributed by atoms with Crippen molar-refractivity contribution in [2.75, 3.05) is 20.2 Å². The molecule has 1 aliphatic carbocycles. The molecule has 0 spiro atoms. The predicted octanol–water partition coefficient (Wildman–Crippen LogP) is 3.58. The Labute approximate surface area is 130 Å². The third-order valence-corrected chi connectivity index (χ3v) is 4.40. The van der Waals surface area contributed by atoms with E-state index >= 15 is 0 Å². The van der Waals surface area contributed by atoms with Gasteiger partial charge >= 0.3 is 0 Å². The van der Waals surface area contributed by atoms with Gasteiger partial charge in [0.1, 0.15) is 11.3 Å². The number of H-pyrrole nitrogens is 1. The molecular weight excluding hydrogens is 282 g/mol. The molecule has 0 radical (unpaired) electrons. The molecule has 0 unspecified atom stereocenters. The Hall–Kier alpha value is -1.33. The highest BCUT2D eigenvalue weighted by molar-refractivity contribution is 7.71. The number of nitrogens with zero attached hydrogens (tertiary/aromatic N) is 2. The lowest BCUT2D eigenvalue weighted by atomic mass is 10.3. The van der Waals surface area contributed by atoms with Gasteiger partial charge in [0.2, 0.25) is 0 Å². The van der Waals surface area contributed by atoms with E-state index in [1.165, 1.54) is 12.8 Å². The van der Waals surface area contributed by atoms with E-state index in [1.54, 1.807) is 0 Å². The van der Waals surface area contributed by atoms with Gasteiger partial charge < -0.3 is 19.2 Å². The molecule has 0 amide bonds. The highest BCUT2D eigenvalue weighted by Gasteiger charge is 2.25. The van der Waals surface area contributed by atoms with Gasteiger partial charge in [-0.25, -0.2) is 0 Å². The van der Waals surface area contributed by atoms with Crippen LogP contribution in [0.15, 0.2) is 18.2 Å². The number of benzene rings is 1. The van der Waals surface area contributed by atoms with Crippen LogP contribution in [-0.2, 0) is 6.54 Å². The molecule has 3 rings (SSSR count). The van der Waals surface area contributed by atoms with Crippen molar-refractivity contribution >= 4 is 23.3 Å².